The molecular formula is C26H32N6O2. The monoisotopic (exact) mass is 460 g/mol. The van der Waals surface area contributed by atoms with Crippen LogP contribution < -0.4 is 5.32 Å². The highest BCUT2D eigenvalue weighted by Gasteiger charge is 2.27. The molecule has 34 heavy (non-hydrogen) atoms. The van der Waals surface area contributed by atoms with Gasteiger partial charge >= 0.3 is 5.97 Å². The number of rotatable bonds is 9. The zero-order chi connectivity index (χ0) is 23.3. The summed E-state index contributed by atoms with van der Waals surface area (Å²) >= 11 is 0. The first kappa shape index (κ1) is 22.5. The maximum Gasteiger partial charge on any atom is 0.304 e. The van der Waals surface area contributed by atoms with Crippen LogP contribution in [0, 0.1) is 5.92 Å². The number of aromatic nitrogens is 4. The van der Waals surface area contributed by atoms with Gasteiger partial charge in [0.05, 0.1) is 6.42 Å². The van der Waals surface area contributed by atoms with Crippen molar-refractivity contribution < 1.29 is 9.90 Å². The van der Waals surface area contributed by atoms with Gasteiger partial charge in [0, 0.05) is 36.9 Å². The summed E-state index contributed by atoms with van der Waals surface area (Å²) in [6.45, 7) is 3.81. The van der Waals surface area contributed by atoms with Gasteiger partial charge in [-0.05, 0) is 73.9 Å². The molecule has 2 aliphatic rings. The maximum atomic E-state index is 11.6. The molecule has 0 aliphatic carbocycles. The zero-order valence-electron chi connectivity index (χ0n) is 19.4. The van der Waals surface area contributed by atoms with Crippen LogP contribution in [0.5, 0.6) is 0 Å². The molecule has 2 atom stereocenters. The molecule has 0 spiro atoms. The van der Waals surface area contributed by atoms with E-state index < -0.39 is 5.97 Å². The molecule has 0 saturated carbocycles. The van der Waals surface area contributed by atoms with E-state index in [1.54, 1.807) is 12.7 Å². The predicted molar refractivity (Wildman–Crippen MR) is 130 cm³/mol. The van der Waals surface area contributed by atoms with E-state index in [0.29, 0.717) is 5.92 Å². The zero-order valence-corrected chi connectivity index (χ0v) is 19.4. The summed E-state index contributed by atoms with van der Waals surface area (Å²) < 4.78 is 1.84. The number of hydrogen-bond donors (Lipinski definition) is 2. The molecule has 1 saturated heterocycles. The van der Waals surface area contributed by atoms with Crippen LogP contribution in [0.3, 0.4) is 0 Å². The van der Waals surface area contributed by atoms with Crippen LogP contribution in [0.2, 0.25) is 0 Å². The number of benzene rings is 1. The molecule has 4 heterocycles. The third-order valence-electron chi connectivity index (χ3n) is 7.09. The summed E-state index contributed by atoms with van der Waals surface area (Å²) in [4.78, 5) is 18.9. The SMILES string of the molecule is O=C(O)C[C@H](CN1CC[C@@H](CCc2ccc3c(n2)NCCC3)C1)c1cccc(-n2cnnc2)c1. The van der Waals surface area contributed by atoms with Gasteiger partial charge in [-0.15, -0.1) is 10.2 Å². The van der Waals surface area contributed by atoms with Gasteiger partial charge in [-0.2, -0.15) is 0 Å². The van der Waals surface area contributed by atoms with Crippen LogP contribution in [-0.2, 0) is 17.6 Å². The normalized spacial score (nSPS) is 18.9. The van der Waals surface area contributed by atoms with E-state index in [2.05, 4.69) is 38.6 Å². The number of fused-ring (bicyclic) bond motifs is 1. The number of aliphatic carboxylic acids is 1. The van der Waals surface area contributed by atoms with E-state index in [9.17, 15) is 9.90 Å². The number of pyridine rings is 1. The highest BCUT2D eigenvalue weighted by molar-refractivity contribution is 5.68. The van der Waals surface area contributed by atoms with E-state index in [-0.39, 0.29) is 12.3 Å². The number of carboxylic acid groups (broad SMARTS) is 1. The third kappa shape index (κ3) is 5.44. The highest BCUT2D eigenvalue weighted by Crippen LogP contribution is 2.28. The quantitative estimate of drug-likeness (QED) is 0.504. The maximum absolute atomic E-state index is 11.6. The first-order chi connectivity index (χ1) is 16.6. The van der Waals surface area contributed by atoms with Gasteiger partial charge < -0.3 is 15.3 Å². The van der Waals surface area contributed by atoms with Crippen molar-refractivity contribution in [2.75, 3.05) is 31.5 Å². The lowest BCUT2D eigenvalue weighted by molar-refractivity contribution is -0.137. The number of carbonyl (C=O) groups is 1. The van der Waals surface area contributed by atoms with E-state index in [1.165, 1.54) is 17.7 Å². The summed E-state index contributed by atoms with van der Waals surface area (Å²) in [5.74, 6) is 0.880. The fourth-order valence-corrected chi connectivity index (χ4v) is 5.26. The van der Waals surface area contributed by atoms with Gasteiger partial charge in [0.2, 0.25) is 0 Å². The molecule has 0 bridgehead atoms. The second-order valence-corrected chi connectivity index (χ2v) is 9.55. The molecule has 1 fully saturated rings. The first-order valence-electron chi connectivity index (χ1n) is 12.3. The van der Waals surface area contributed by atoms with Crippen molar-refractivity contribution in [3.63, 3.8) is 0 Å². The molecule has 5 rings (SSSR count). The molecule has 2 N–H and O–H groups in total. The van der Waals surface area contributed by atoms with Gasteiger partial charge in [-0.1, -0.05) is 18.2 Å². The molecule has 2 aromatic heterocycles. The van der Waals surface area contributed by atoms with Crippen LogP contribution in [0.25, 0.3) is 5.69 Å². The van der Waals surface area contributed by atoms with E-state index in [0.717, 1.165) is 68.9 Å². The summed E-state index contributed by atoms with van der Waals surface area (Å²) in [7, 11) is 0. The van der Waals surface area contributed by atoms with E-state index in [1.807, 2.05) is 22.8 Å². The van der Waals surface area contributed by atoms with E-state index >= 15 is 0 Å². The minimum atomic E-state index is -0.762. The molecule has 8 heteroatoms. The summed E-state index contributed by atoms with van der Waals surface area (Å²) in [5, 5.41) is 20.7. The Kier molecular flexibility index (Phi) is 6.85. The van der Waals surface area contributed by atoms with E-state index in [4.69, 9.17) is 4.98 Å². The number of nitrogens with zero attached hydrogens (tertiary/aromatic N) is 5. The molecule has 8 nitrogen and oxygen atoms in total. The molecule has 0 radical (unpaired) electrons. The van der Waals surface area contributed by atoms with Gasteiger partial charge in [0.25, 0.3) is 0 Å². The number of nitrogens with one attached hydrogen (secondary N) is 1. The highest BCUT2D eigenvalue weighted by atomic mass is 16.4. The Labute approximate surface area is 200 Å². The van der Waals surface area contributed by atoms with Gasteiger partial charge in [-0.25, -0.2) is 4.98 Å². The average Bonchev–Trinajstić information content (AvgIpc) is 3.55. The second-order valence-electron chi connectivity index (χ2n) is 9.55. The predicted octanol–water partition coefficient (Wildman–Crippen LogP) is 3.53. The van der Waals surface area contributed by atoms with Gasteiger partial charge in [0.15, 0.2) is 0 Å². The van der Waals surface area contributed by atoms with Crippen molar-refractivity contribution >= 4 is 11.8 Å². The Hall–Kier alpha value is -3.26. The van der Waals surface area contributed by atoms with Crippen LogP contribution in [-0.4, -0.2) is 61.9 Å². The van der Waals surface area contributed by atoms with Crippen molar-refractivity contribution in [1.82, 2.24) is 24.6 Å². The van der Waals surface area contributed by atoms with Crippen LogP contribution in [0.15, 0.2) is 49.1 Å². The lowest BCUT2D eigenvalue weighted by Crippen LogP contribution is -2.28. The first-order valence-corrected chi connectivity index (χ1v) is 12.3. The van der Waals surface area contributed by atoms with Crippen LogP contribution >= 0.6 is 0 Å². The molecule has 3 aromatic rings. The Balaban J connectivity index is 1.19. The van der Waals surface area contributed by atoms with Crippen molar-refractivity contribution in [3.8, 4) is 5.69 Å². The number of carboxylic acids is 1. The minimum Gasteiger partial charge on any atom is -0.481 e. The Bertz CT molecular complexity index is 1120. The van der Waals surface area contributed by atoms with Gasteiger partial charge in [-0.3, -0.25) is 9.36 Å². The molecule has 0 amide bonds. The molecule has 2 aliphatic heterocycles. The fourth-order valence-electron chi connectivity index (χ4n) is 5.26. The average molecular weight is 461 g/mol. The van der Waals surface area contributed by atoms with Crippen molar-refractivity contribution in [3.05, 3.63) is 65.9 Å². The van der Waals surface area contributed by atoms with Crippen LogP contribution in [0.4, 0.5) is 5.82 Å². The third-order valence-corrected chi connectivity index (χ3v) is 7.09. The Morgan fingerprint density at radius 1 is 1.21 bits per heavy atom. The molecule has 0 unspecified atom stereocenters. The van der Waals surface area contributed by atoms with Crippen molar-refractivity contribution in [2.45, 2.75) is 44.4 Å². The van der Waals surface area contributed by atoms with Crippen molar-refractivity contribution in [2.24, 2.45) is 5.92 Å². The smallest absolute Gasteiger partial charge is 0.304 e. The fraction of sp³-hybridized carbons (Fsp3) is 0.462. The number of anilines is 1. The lowest BCUT2D eigenvalue weighted by atomic mass is 9.94. The minimum absolute atomic E-state index is 0.0546. The second kappa shape index (κ2) is 10.3. The summed E-state index contributed by atoms with van der Waals surface area (Å²) in [6.07, 6.45) is 9.00. The lowest BCUT2D eigenvalue weighted by Gasteiger charge is -2.24. The number of aryl methyl sites for hydroxylation is 2. The molecule has 178 valence electrons. The van der Waals surface area contributed by atoms with Crippen LogP contribution in [0.1, 0.15) is 48.4 Å². The van der Waals surface area contributed by atoms with Crippen molar-refractivity contribution in [1.29, 1.82) is 0 Å². The van der Waals surface area contributed by atoms with Gasteiger partial charge in [0.1, 0.15) is 18.5 Å². The number of hydrogen-bond acceptors (Lipinski definition) is 6. The Morgan fingerprint density at radius 2 is 2.09 bits per heavy atom. The molecule has 1 aromatic carbocycles. The summed E-state index contributed by atoms with van der Waals surface area (Å²) in [6, 6.07) is 12.5. The topological polar surface area (TPSA) is 96.2 Å². The molecular weight excluding hydrogens is 428 g/mol. The number of likely N-dealkylation sites (tertiary alicyclic amines) is 1. The summed E-state index contributed by atoms with van der Waals surface area (Å²) in [5.41, 5.74) is 4.49. The Morgan fingerprint density at radius 3 is 2.94 bits per heavy atom. The standard InChI is InChI=1S/C26H32N6O2/c33-25(34)14-22(21-3-1-5-24(13-21)32-17-28-29-18-32)16-31-12-10-19(15-31)6-8-23-9-7-20-4-2-11-27-26(20)30-23/h1,3,5,7,9,13,17-19,22H,2,4,6,8,10-12,14-16H2,(H,27,30)(H,33,34)/t19-,22-/m1/s1. The largest absolute Gasteiger partial charge is 0.481 e.